The van der Waals surface area contributed by atoms with Gasteiger partial charge in [0, 0.05) is 17.3 Å². The molecule has 0 saturated heterocycles. The molecular weight excluding hydrogens is 512 g/mol. The molecule has 1 saturated carbocycles. The zero-order valence-corrected chi connectivity index (χ0v) is 23.9. The van der Waals surface area contributed by atoms with Crippen LogP contribution in [-0.2, 0) is 10.3 Å². The highest BCUT2D eigenvalue weighted by Crippen LogP contribution is 2.43. The Balaban J connectivity index is 1.40. The van der Waals surface area contributed by atoms with Gasteiger partial charge >= 0.3 is 6.09 Å². The molecule has 3 heterocycles. The number of hydrogen-bond donors (Lipinski definition) is 1. The molecule has 208 valence electrons. The van der Waals surface area contributed by atoms with Crippen LogP contribution in [0.3, 0.4) is 0 Å². The number of hydrogen-bond acceptors (Lipinski definition) is 6. The fourth-order valence-electron chi connectivity index (χ4n) is 5.51. The number of carbonyl (C=O) groups is 1. The summed E-state index contributed by atoms with van der Waals surface area (Å²) in [6.07, 6.45) is 6.00. The molecule has 2 aromatic carbocycles. The molecule has 8 heteroatoms. The van der Waals surface area contributed by atoms with Crippen molar-refractivity contribution in [3.63, 3.8) is 0 Å². The molecule has 0 radical (unpaired) electrons. The molecule has 0 spiro atoms. The van der Waals surface area contributed by atoms with Crippen molar-refractivity contribution in [1.82, 2.24) is 25.1 Å². The molecule has 1 N–H and O–H groups in total. The second kappa shape index (κ2) is 10.1. The van der Waals surface area contributed by atoms with Gasteiger partial charge in [-0.1, -0.05) is 61.2 Å². The molecule has 41 heavy (non-hydrogen) atoms. The van der Waals surface area contributed by atoms with E-state index in [0.29, 0.717) is 11.6 Å². The molecule has 1 unspecified atom stereocenters. The Morgan fingerprint density at radius 1 is 1.05 bits per heavy atom. The van der Waals surface area contributed by atoms with E-state index < -0.39 is 17.2 Å². The summed E-state index contributed by atoms with van der Waals surface area (Å²) < 4.78 is 7.62. The van der Waals surface area contributed by atoms with E-state index in [-0.39, 0.29) is 5.92 Å². The minimum atomic E-state index is -0.553. The molecule has 1 amide bonds. The summed E-state index contributed by atoms with van der Waals surface area (Å²) in [5, 5.41) is 12.4. The lowest BCUT2D eigenvalue weighted by molar-refractivity contribution is 0.0377. The molecule has 6 rings (SSSR count). The number of amides is 1. The van der Waals surface area contributed by atoms with Crippen LogP contribution in [0.5, 0.6) is 0 Å². The predicted molar refractivity (Wildman–Crippen MR) is 161 cm³/mol. The summed E-state index contributed by atoms with van der Waals surface area (Å²) in [4.78, 5) is 22.3. The molecule has 1 fully saturated rings. The SMILES string of the molecule is C=CC1=Nc2ncc(-c3ccccc3)cc2-n2c(-c3ccc(C4(NC(=O)OC(C)(C)C)CCC4)cc3)nnc2C1C. The second-order valence-electron chi connectivity index (χ2n) is 11.8. The number of allylic oxidation sites excluding steroid dienone is 1. The van der Waals surface area contributed by atoms with Gasteiger partial charge in [0.1, 0.15) is 11.4 Å². The number of aromatic nitrogens is 4. The zero-order valence-electron chi connectivity index (χ0n) is 23.9. The van der Waals surface area contributed by atoms with Crippen molar-refractivity contribution in [2.75, 3.05) is 0 Å². The Morgan fingerprint density at radius 2 is 1.78 bits per heavy atom. The number of pyridine rings is 1. The van der Waals surface area contributed by atoms with Crippen molar-refractivity contribution < 1.29 is 9.53 Å². The van der Waals surface area contributed by atoms with Crippen LogP contribution in [-0.4, -0.2) is 37.2 Å². The Bertz CT molecular complexity index is 1640. The Kier molecular flexibility index (Phi) is 6.56. The van der Waals surface area contributed by atoms with E-state index in [1.54, 1.807) is 6.08 Å². The third-order valence-electron chi connectivity index (χ3n) is 7.80. The van der Waals surface area contributed by atoms with Crippen LogP contribution in [0.4, 0.5) is 10.6 Å². The van der Waals surface area contributed by atoms with Crippen molar-refractivity contribution in [3.8, 4) is 28.2 Å². The first-order valence-electron chi connectivity index (χ1n) is 14.0. The normalized spacial score (nSPS) is 17.3. The molecule has 0 bridgehead atoms. The minimum absolute atomic E-state index is 0.126. The smallest absolute Gasteiger partial charge is 0.408 e. The van der Waals surface area contributed by atoms with Gasteiger partial charge in [-0.15, -0.1) is 10.2 Å². The van der Waals surface area contributed by atoms with Gasteiger partial charge in [0.25, 0.3) is 0 Å². The van der Waals surface area contributed by atoms with Crippen LogP contribution < -0.4 is 5.32 Å². The third kappa shape index (κ3) is 4.94. The van der Waals surface area contributed by atoms with Gasteiger partial charge in [-0.2, -0.15) is 0 Å². The summed E-state index contributed by atoms with van der Waals surface area (Å²) in [6, 6.07) is 20.5. The van der Waals surface area contributed by atoms with E-state index in [9.17, 15) is 4.79 Å². The van der Waals surface area contributed by atoms with E-state index >= 15 is 0 Å². The number of ether oxygens (including phenoxy) is 1. The summed E-state index contributed by atoms with van der Waals surface area (Å²) in [7, 11) is 0. The maximum Gasteiger partial charge on any atom is 0.408 e. The van der Waals surface area contributed by atoms with Crippen LogP contribution in [0.1, 0.15) is 64.3 Å². The van der Waals surface area contributed by atoms with Crippen molar-refractivity contribution >= 4 is 17.6 Å². The third-order valence-corrected chi connectivity index (χ3v) is 7.80. The number of benzene rings is 2. The standard InChI is InChI=1S/C33H34N6O2/c1-6-26-21(2)29-37-38-30(39(29)27-19-24(20-34-28(27)35-26)22-11-8-7-9-12-22)23-13-15-25(16-14-23)33(17-10-18-33)36-31(40)41-32(3,4)5/h6-9,11-16,19-21H,1,10,17-18H2,2-5H3,(H,36,40). The van der Waals surface area contributed by atoms with E-state index in [2.05, 4.69) is 63.9 Å². The van der Waals surface area contributed by atoms with E-state index in [1.165, 1.54) is 0 Å². The van der Waals surface area contributed by atoms with Gasteiger partial charge in [-0.05, 0) is 70.2 Å². The molecule has 2 aromatic heterocycles. The molecule has 1 aliphatic heterocycles. The number of nitrogens with zero attached hydrogens (tertiary/aromatic N) is 5. The predicted octanol–water partition coefficient (Wildman–Crippen LogP) is 7.28. The van der Waals surface area contributed by atoms with Gasteiger partial charge in [-0.3, -0.25) is 4.57 Å². The Morgan fingerprint density at radius 3 is 2.41 bits per heavy atom. The average Bonchev–Trinajstić information content (AvgIpc) is 3.33. The highest BCUT2D eigenvalue weighted by atomic mass is 16.6. The number of aliphatic imine (C=N–C) groups is 1. The molecule has 4 aromatic rings. The zero-order chi connectivity index (χ0) is 28.8. The lowest BCUT2D eigenvalue weighted by Gasteiger charge is -2.43. The summed E-state index contributed by atoms with van der Waals surface area (Å²) in [5.41, 5.74) is 4.63. The summed E-state index contributed by atoms with van der Waals surface area (Å²) >= 11 is 0. The average molecular weight is 547 g/mol. The number of rotatable bonds is 5. The highest BCUT2D eigenvalue weighted by molar-refractivity contribution is 6.01. The Hall–Kier alpha value is -4.59. The number of carbonyl (C=O) groups excluding carboxylic acids is 1. The monoisotopic (exact) mass is 546 g/mol. The van der Waals surface area contributed by atoms with Gasteiger partial charge in [0.2, 0.25) is 0 Å². The van der Waals surface area contributed by atoms with Gasteiger partial charge in [0.15, 0.2) is 11.6 Å². The van der Waals surface area contributed by atoms with Crippen LogP contribution >= 0.6 is 0 Å². The number of fused-ring (bicyclic) bond motifs is 3. The van der Waals surface area contributed by atoms with Crippen molar-refractivity contribution in [1.29, 1.82) is 0 Å². The highest BCUT2D eigenvalue weighted by Gasteiger charge is 2.41. The largest absolute Gasteiger partial charge is 0.444 e. The van der Waals surface area contributed by atoms with Gasteiger partial charge in [-0.25, -0.2) is 14.8 Å². The number of alkyl carbamates (subject to hydrolysis) is 1. The summed E-state index contributed by atoms with van der Waals surface area (Å²) in [5.74, 6) is 1.95. The molecule has 1 atom stereocenters. The molecular formula is C33H34N6O2. The quantitative estimate of drug-likeness (QED) is 0.284. The topological polar surface area (TPSA) is 94.3 Å². The first kappa shape index (κ1) is 26.6. The van der Waals surface area contributed by atoms with Crippen molar-refractivity contribution in [2.45, 2.75) is 64.0 Å². The van der Waals surface area contributed by atoms with E-state index in [1.807, 2.05) is 57.3 Å². The molecule has 1 aliphatic carbocycles. The maximum atomic E-state index is 12.6. The van der Waals surface area contributed by atoms with Crippen LogP contribution in [0.25, 0.3) is 28.2 Å². The minimum Gasteiger partial charge on any atom is -0.444 e. The second-order valence-corrected chi connectivity index (χ2v) is 11.8. The maximum absolute atomic E-state index is 12.6. The first-order valence-corrected chi connectivity index (χ1v) is 14.0. The van der Waals surface area contributed by atoms with E-state index in [0.717, 1.165) is 58.7 Å². The van der Waals surface area contributed by atoms with Crippen LogP contribution in [0.2, 0.25) is 0 Å². The fraction of sp³-hybridized carbons (Fsp3) is 0.303. The lowest BCUT2D eigenvalue weighted by atomic mass is 9.72. The Labute approximate surface area is 240 Å². The summed E-state index contributed by atoms with van der Waals surface area (Å²) in [6.45, 7) is 11.7. The number of nitrogens with one attached hydrogen (secondary N) is 1. The molecule has 8 nitrogen and oxygen atoms in total. The first-order chi connectivity index (χ1) is 19.7. The van der Waals surface area contributed by atoms with Gasteiger partial charge in [0.05, 0.1) is 22.9 Å². The molecule has 2 aliphatic rings. The fourth-order valence-corrected chi connectivity index (χ4v) is 5.51. The van der Waals surface area contributed by atoms with Crippen molar-refractivity contribution in [3.05, 3.63) is 90.9 Å². The van der Waals surface area contributed by atoms with Crippen LogP contribution in [0, 0.1) is 0 Å². The van der Waals surface area contributed by atoms with Gasteiger partial charge < -0.3 is 10.1 Å². The van der Waals surface area contributed by atoms with E-state index in [4.69, 9.17) is 14.7 Å². The van der Waals surface area contributed by atoms with Crippen molar-refractivity contribution in [2.24, 2.45) is 4.99 Å². The van der Waals surface area contributed by atoms with Crippen LogP contribution in [0.15, 0.2) is 84.5 Å². The lowest BCUT2D eigenvalue weighted by Crippen LogP contribution is -2.52.